The van der Waals surface area contributed by atoms with Gasteiger partial charge in [-0.05, 0) is 6.07 Å². The fourth-order valence-electron chi connectivity index (χ4n) is 2.21. The minimum atomic E-state index is -6.19. The molecule has 0 bridgehead atoms. The molecule has 1 aromatic carbocycles. The van der Waals surface area contributed by atoms with Crippen LogP contribution in [-0.4, -0.2) is 0 Å². The summed E-state index contributed by atoms with van der Waals surface area (Å²) in [6, 6.07) is -0.354. The molecular weight excluding hydrogens is 404 g/mol. The molecule has 0 nitrogen and oxygen atoms in total. The fourth-order valence-corrected chi connectivity index (χ4v) is 3.22. The number of hydrogen-bond donors (Lipinski definition) is 0. The maximum absolute atomic E-state index is 13.1. The van der Waals surface area contributed by atoms with Gasteiger partial charge in [0.25, 0.3) is 0 Å². The maximum atomic E-state index is 13.1. The molecule has 13 heteroatoms. The third-order valence-electron chi connectivity index (χ3n) is 3.04. The lowest BCUT2D eigenvalue weighted by atomic mass is 9.94. The van der Waals surface area contributed by atoms with Crippen molar-refractivity contribution < 1.29 is 52.7 Å². The molecule has 2 aromatic rings. The van der Waals surface area contributed by atoms with Gasteiger partial charge in [0.1, 0.15) is 0 Å². The zero-order valence-electron chi connectivity index (χ0n) is 11.1. The van der Waals surface area contributed by atoms with Crippen molar-refractivity contribution in [3.8, 4) is 0 Å². The maximum Gasteiger partial charge on any atom is 0.417 e. The summed E-state index contributed by atoms with van der Waals surface area (Å²) in [5, 5.41) is -1.91. The van der Waals surface area contributed by atoms with Gasteiger partial charge in [0, 0.05) is 15.5 Å². The monoisotopic (exact) mass is 406 g/mol. The van der Waals surface area contributed by atoms with Crippen molar-refractivity contribution in [2.24, 2.45) is 0 Å². The van der Waals surface area contributed by atoms with E-state index < -0.39 is 57.0 Å². The number of benzene rings is 1. The van der Waals surface area contributed by atoms with Crippen LogP contribution in [0.2, 0.25) is 0 Å². The van der Waals surface area contributed by atoms with Crippen LogP contribution >= 0.6 is 11.3 Å². The van der Waals surface area contributed by atoms with Crippen LogP contribution in [0.5, 0.6) is 0 Å². The van der Waals surface area contributed by atoms with Gasteiger partial charge in [-0.3, -0.25) is 0 Å². The Labute approximate surface area is 133 Å². The molecule has 140 valence electrons. The molecule has 0 aliphatic carbocycles. The van der Waals surface area contributed by atoms with Crippen LogP contribution in [0.4, 0.5) is 52.7 Å². The molecule has 0 spiro atoms. The molecule has 1 heterocycles. The normalized spacial score (nSPS) is 14.4. The first-order valence-electron chi connectivity index (χ1n) is 5.82. The van der Waals surface area contributed by atoms with E-state index in [0.717, 1.165) is 0 Å². The van der Waals surface area contributed by atoms with Crippen LogP contribution in [-0.2, 0) is 24.7 Å². The van der Waals surface area contributed by atoms with Crippen molar-refractivity contribution in [2.45, 2.75) is 24.7 Å². The quantitative estimate of drug-likeness (QED) is 0.414. The minimum absolute atomic E-state index is 0.0419. The third kappa shape index (κ3) is 3.51. The highest BCUT2D eigenvalue weighted by Crippen LogP contribution is 2.53. The van der Waals surface area contributed by atoms with Gasteiger partial charge >= 0.3 is 24.7 Å². The van der Waals surface area contributed by atoms with Crippen molar-refractivity contribution >= 4 is 21.4 Å². The molecule has 0 radical (unpaired) electrons. The first kappa shape index (κ1) is 19.7. The molecule has 2 rings (SSSR count). The molecule has 25 heavy (non-hydrogen) atoms. The molecule has 0 fully saturated rings. The summed E-state index contributed by atoms with van der Waals surface area (Å²) in [5.74, 6) is 0. The highest BCUT2D eigenvalue weighted by molar-refractivity contribution is 7.17. The highest BCUT2D eigenvalue weighted by Gasteiger charge is 2.52. The largest absolute Gasteiger partial charge is 0.417 e. The van der Waals surface area contributed by atoms with E-state index in [9.17, 15) is 52.7 Å². The number of hydrogen-bond acceptors (Lipinski definition) is 1. The molecule has 0 aliphatic heterocycles. The van der Waals surface area contributed by atoms with Gasteiger partial charge in [-0.1, -0.05) is 0 Å². The van der Waals surface area contributed by atoms with Crippen molar-refractivity contribution in [1.82, 2.24) is 0 Å². The summed E-state index contributed by atoms with van der Waals surface area (Å²) in [5.41, 5.74) is -11.0. The number of thiophene rings is 1. The Morgan fingerprint density at radius 3 is 1.36 bits per heavy atom. The van der Waals surface area contributed by atoms with Crippen LogP contribution in [0.1, 0.15) is 22.3 Å². The van der Waals surface area contributed by atoms with Gasteiger partial charge < -0.3 is 0 Å². The standard InChI is InChI=1S/C12H2F12S/c13-9(14,15)3-1-5-6(4(2-25-5)10(16,17)18)8(12(22,23)24)7(3)11(19,20)21/h1-2H. The second kappa shape index (κ2) is 5.42. The minimum Gasteiger partial charge on any atom is -0.166 e. The zero-order chi connectivity index (χ0) is 19.6. The number of fused-ring (bicyclic) bond motifs is 1. The Bertz CT molecular complexity index is 799. The summed E-state index contributed by atoms with van der Waals surface area (Å²) >= 11 is -0.167. The van der Waals surface area contributed by atoms with Crippen molar-refractivity contribution in [3.63, 3.8) is 0 Å². The summed E-state index contributed by atoms with van der Waals surface area (Å²) in [6.07, 6.45) is -23.6. The SMILES string of the molecule is FC(F)(F)c1cc2scc(C(F)(F)F)c2c(C(F)(F)F)c1C(F)(F)F. The first-order valence-corrected chi connectivity index (χ1v) is 6.70. The zero-order valence-corrected chi connectivity index (χ0v) is 11.9. The Kier molecular flexibility index (Phi) is 4.26. The molecule has 0 atom stereocenters. The van der Waals surface area contributed by atoms with E-state index in [1.807, 2.05) is 0 Å². The molecule has 0 saturated heterocycles. The lowest BCUT2D eigenvalue weighted by Gasteiger charge is -2.22. The summed E-state index contributed by atoms with van der Waals surface area (Å²) < 4.78 is 154. The van der Waals surface area contributed by atoms with E-state index in [0.29, 0.717) is 0 Å². The van der Waals surface area contributed by atoms with Crippen molar-refractivity contribution in [1.29, 1.82) is 0 Å². The first-order chi connectivity index (χ1) is 11.0. The van der Waals surface area contributed by atoms with Gasteiger partial charge in [-0.2, -0.15) is 52.7 Å². The smallest absolute Gasteiger partial charge is 0.166 e. The van der Waals surface area contributed by atoms with Gasteiger partial charge in [0.2, 0.25) is 0 Å². The van der Waals surface area contributed by atoms with Crippen molar-refractivity contribution in [3.05, 3.63) is 33.7 Å². The molecular formula is C12H2F12S. The Morgan fingerprint density at radius 1 is 0.560 bits per heavy atom. The number of alkyl halides is 12. The van der Waals surface area contributed by atoms with Crippen molar-refractivity contribution in [2.75, 3.05) is 0 Å². The van der Waals surface area contributed by atoms with Crippen LogP contribution in [0.3, 0.4) is 0 Å². The van der Waals surface area contributed by atoms with E-state index >= 15 is 0 Å². The molecule has 0 N–H and O–H groups in total. The Morgan fingerprint density at radius 2 is 1.00 bits per heavy atom. The van der Waals surface area contributed by atoms with Crippen LogP contribution in [0, 0.1) is 0 Å². The fraction of sp³-hybridized carbons (Fsp3) is 0.333. The number of rotatable bonds is 0. The van der Waals surface area contributed by atoms with Crippen LogP contribution < -0.4 is 0 Å². The second-order valence-corrected chi connectivity index (χ2v) is 5.60. The predicted octanol–water partition coefficient (Wildman–Crippen LogP) is 6.98. The topological polar surface area (TPSA) is 0 Å². The average Bonchev–Trinajstić information content (AvgIpc) is 2.75. The van der Waals surface area contributed by atoms with Gasteiger partial charge in [-0.15, -0.1) is 11.3 Å². The second-order valence-electron chi connectivity index (χ2n) is 4.69. The predicted molar refractivity (Wildman–Crippen MR) is 61.8 cm³/mol. The molecule has 1 aromatic heterocycles. The van der Waals surface area contributed by atoms with Gasteiger partial charge in [-0.25, -0.2) is 0 Å². The Balaban J connectivity index is 3.17. The van der Waals surface area contributed by atoms with Crippen LogP contribution in [0.25, 0.3) is 10.1 Å². The summed E-state index contributed by atoms with van der Waals surface area (Å²) in [4.78, 5) is 0. The van der Waals surface area contributed by atoms with Gasteiger partial charge in [0.15, 0.2) is 0 Å². The summed E-state index contributed by atoms with van der Waals surface area (Å²) in [7, 11) is 0. The van der Waals surface area contributed by atoms with E-state index in [2.05, 4.69) is 0 Å². The van der Waals surface area contributed by atoms with Crippen LogP contribution in [0.15, 0.2) is 11.4 Å². The van der Waals surface area contributed by atoms with E-state index in [-0.39, 0.29) is 22.8 Å². The lowest BCUT2D eigenvalue weighted by molar-refractivity contribution is -0.174. The van der Waals surface area contributed by atoms with Gasteiger partial charge in [0.05, 0.1) is 22.3 Å². The highest BCUT2D eigenvalue weighted by atomic mass is 32.1. The number of halogens is 12. The Hall–Kier alpha value is -1.66. The van der Waals surface area contributed by atoms with E-state index in [4.69, 9.17) is 0 Å². The van der Waals surface area contributed by atoms with E-state index in [1.165, 1.54) is 0 Å². The molecule has 0 saturated carbocycles. The molecule has 0 aliphatic rings. The lowest BCUT2D eigenvalue weighted by Crippen LogP contribution is -2.24. The summed E-state index contributed by atoms with van der Waals surface area (Å²) in [6.45, 7) is 0. The third-order valence-corrected chi connectivity index (χ3v) is 3.97. The molecule has 0 unspecified atom stereocenters. The molecule has 0 amide bonds. The average molecular weight is 406 g/mol. The van der Waals surface area contributed by atoms with E-state index in [1.54, 1.807) is 0 Å².